The normalized spacial score (nSPS) is 10.2. The molecule has 0 aliphatic heterocycles. The van der Waals surface area contributed by atoms with E-state index in [4.69, 9.17) is 16.3 Å². The van der Waals surface area contributed by atoms with Crippen LogP contribution in [0.5, 0.6) is 0 Å². The van der Waals surface area contributed by atoms with Gasteiger partial charge in [0, 0.05) is 10.6 Å². The van der Waals surface area contributed by atoms with Gasteiger partial charge in [-0.15, -0.1) is 11.8 Å². The number of halogens is 1. The van der Waals surface area contributed by atoms with Crippen LogP contribution in [0, 0.1) is 6.92 Å². The molecule has 0 aliphatic carbocycles. The smallest absolute Gasteiger partial charge is 0.340 e. The molecule has 0 saturated heterocycles. The summed E-state index contributed by atoms with van der Waals surface area (Å²) in [5.74, 6) is -1.02. The van der Waals surface area contributed by atoms with E-state index in [-0.39, 0.29) is 12.2 Å². The molecule has 0 heterocycles. The molecule has 0 atom stereocenters. The fourth-order valence-corrected chi connectivity index (χ4v) is 2.55. The zero-order valence-corrected chi connectivity index (χ0v) is 14.3. The summed E-state index contributed by atoms with van der Waals surface area (Å²) in [6.45, 7) is 1.56. The van der Waals surface area contributed by atoms with Crippen molar-refractivity contribution in [3.05, 3.63) is 58.6 Å². The lowest BCUT2D eigenvalue weighted by atomic mass is 10.2. The van der Waals surface area contributed by atoms with Crippen LogP contribution in [0.15, 0.2) is 47.4 Å². The first kappa shape index (κ1) is 17.4. The molecule has 1 N–H and O–H groups in total. The Balaban J connectivity index is 1.95. The molecule has 2 rings (SSSR count). The van der Waals surface area contributed by atoms with Crippen LogP contribution in [0.1, 0.15) is 15.9 Å². The summed E-state index contributed by atoms with van der Waals surface area (Å²) in [5.41, 5.74) is 1.94. The highest BCUT2D eigenvalue weighted by Crippen LogP contribution is 2.23. The van der Waals surface area contributed by atoms with Gasteiger partial charge in [-0.05, 0) is 49.1 Å². The van der Waals surface area contributed by atoms with E-state index in [1.165, 1.54) is 11.8 Å². The molecule has 0 aromatic heterocycles. The van der Waals surface area contributed by atoms with E-state index < -0.39 is 11.9 Å². The molecule has 2 aromatic carbocycles. The number of amides is 1. The average molecular weight is 350 g/mol. The number of thioether (sulfide) groups is 1. The van der Waals surface area contributed by atoms with Gasteiger partial charge in [0.2, 0.25) is 0 Å². The predicted molar refractivity (Wildman–Crippen MR) is 93.3 cm³/mol. The number of anilines is 1. The van der Waals surface area contributed by atoms with Gasteiger partial charge in [0.1, 0.15) is 0 Å². The predicted octanol–water partition coefficient (Wildman–Crippen LogP) is 4.17. The highest BCUT2D eigenvalue weighted by Gasteiger charge is 2.14. The molecule has 0 spiro atoms. The van der Waals surface area contributed by atoms with Crippen molar-refractivity contribution in [1.29, 1.82) is 0 Å². The maximum atomic E-state index is 12.0. The maximum Gasteiger partial charge on any atom is 0.340 e. The molecule has 6 heteroatoms. The highest BCUT2D eigenvalue weighted by atomic mass is 35.5. The topological polar surface area (TPSA) is 55.4 Å². The summed E-state index contributed by atoms with van der Waals surface area (Å²) >= 11 is 7.49. The van der Waals surface area contributed by atoms with Crippen molar-refractivity contribution in [2.24, 2.45) is 0 Å². The van der Waals surface area contributed by atoms with Gasteiger partial charge in [-0.2, -0.15) is 0 Å². The zero-order chi connectivity index (χ0) is 16.8. The average Bonchev–Trinajstić information content (AvgIpc) is 2.53. The van der Waals surface area contributed by atoms with E-state index in [1.807, 2.05) is 37.4 Å². The van der Waals surface area contributed by atoms with Crippen molar-refractivity contribution in [3.63, 3.8) is 0 Å². The van der Waals surface area contributed by atoms with Crippen molar-refractivity contribution in [3.8, 4) is 0 Å². The van der Waals surface area contributed by atoms with Crippen molar-refractivity contribution in [1.82, 2.24) is 0 Å². The van der Waals surface area contributed by atoms with Gasteiger partial charge in [-0.25, -0.2) is 4.79 Å². The lowest BCUT2D eigenvalue weighted by Gasteiger charge is -2.08. The number of benzene rings is 2. The second-order valence-corrected chi connectivity index (χ2v) is 6.13. The van der Waals surface area contributed by atoms with E-state index in [0.717, 1.165) is 10.5 Å². The third kappa shape index (κ3) is 5.01. The van der Waals surface area contributed by atoms with Crippen LogP contribution < -0.4 is 5.32 Å². The summed E-state index contributed by atoms with van der Waals surface area (Å²) in [7, 11) is 0. The Morgan fingerprint density at radius 2 is 2.00 bits per heavy atom. The Hall–Kier alpha value is -1.98. The number of esters is 1. The minimum absolute atomic E-state index is 0.252. The summed E-state index contributed by atoms with van der Waals surface area (Å²) in [4.78, 5) is 24.8. The molecule has 0 radical (unpaired) electrons. The molecular weight excluding hydrogens is 334 g/mol. The van der Waals surface area contributed by atoms with Crippen LogP contribution in [-0.2, 0) is 9.53 Å². The molecule has 0 saturated carbocycles. The summed E-state index contributed by atoms with van der Waals surface area (Å²) < 4.78 is 5.03. The van der Waals surface area contributed by atoms with Gasteiger partial charge < -0.3 is 10.1 Å². The molecule has 0 fully saturated rings. The quantitative estimate of drug-likeness (QED) is 0.650. The first-order valence-corrected chi connectivity index (χ1v) is 8.47. The first-order valence-electron chi connectivity index (χ1n) is 6.87. The second kappa shape index (κ2) is 8.04. The van der Waals surface area contributed by atoms with Crippen LogP contribution in [0.25, 0.3) is 0 Å². The van der Waals surface area contributed by atoms with Gasteiger partial charge in [0.15, 0.2) is 6.61 Å². The lowest BCUT2D eigenvalue weighted by Crippen LogP contribution is -2.21. The van der Waals surface area contributed by atoms with E-state index in [0.29, 0.717) is 10.7 Å². The van der Waals surface area contributed by atoms with E-state index >= 15 is 0 Å². The second-order valence-electron chi connectivity index (χ2n) is 4.84. The fraction of sp³-hybridized carbons (Fsp3) is 0.176. The molecule has 0 unspecified atom stereocenters. The standard InChI is InChI=1S/C17H16ClNO3S/c1-11-4-3-5-12(8-11)19-16(20)10-22-17(21)14-9-13(23-2)6-7-15(14)18/h3-9H,10H2,1-2H3,(H,19,20). The van der Waals surface area contributed by atoms with Crippen LogP contribution in [0.2, 0.25) is 5.02 Å². The third-order valence-electron chi connectivity index (χ3n) is 3.03. The Bertz CT molecular complexity index is 734. The van der Waals surface area contributed by atoms with Crippen LogP contribution >= 0.6 is 23.4 Å². The Morgan fingerprint density at radius 3 is 2.70 bits per heavy atom. The molecule has 4 nitrogen and oxygen atoms in total. The summed E-state index contributed by atoms with van der Waals surface area (Å²) in [6.07, 6.45) is 1.90. The number of hydrogen-bond acceptors (Lipinski definition) is 4. The molecule has 0 aliphatic rings. The van der Waals surface area contributed by atoms with Crippen LogP contribution in [0.4, 0.5) is 5.69 Å². The van der Waals surface area contributed by atoms with E-state index in [2.05, 4.69) is 5.32 Å². The highest BCUT2D eigenvalue weighted by molar-refractivity contribution is 7.98. The Labute approximate surface area is 144 Å². The number of nitrogens with one attached hydrogen (secondary N) is 1. The fourth-order valence-electron chi connectivity index (χ4n) is 1.92. The minimum atomic E-state index is -0.620. The van der Waals surface area contributed by atoms with E-state index in [1.54, 1.807) is 18.2 Å². The van der Waals surface area contributed by atoms with Gasteiger partial charge in [-0.3, -0.25) is 4.79 Å². The Morgan fingerprint density at radius 1 is 1.22 bits per heavy atom. The monoisotopic (exact) mass is 349 g/mol. The number of hydrogen-bond donors (Lipinski definition) is 1. The first-order chi connectivity index (χ1) is 11.0. The molecule has 0 bridgehead atoms. The number of carbonyl (C=O) groups is 2. The molecule has 120 valence electrons. The van der Waals surface area contributed by atoms with E-state index in [9.17, 15) is 9.59 Å². The van der Waals surface area contributed by atoms with Crippen molar-refractivity contribution >= 4 is 40.9 Å². The van der Waals surface area contributed by atoms with Gasteiger partial charge >= 0.3 is 5.97 Å². The number of carbonyl (C=O) groups excluding carboxylic acids is 2. The molecule has 23 heavy (non-hydrogen) atoms. The van der Waals surface area contributed by atoms with Crippen LogP contribution in [-0.4, -0.2) is 24.7 Å². The van der Waals surface area contributed by atoms with Crippen molar-refractivity contribution in [2.75, 3.05) is 18.2 Å². The largest absolute Gasteiger partial charge is 0.452 e. The SMILES string of the molecule is CSc1ccc(Cl)c(C(=O)OCC(=O)Nc2cccc(C)c2)c1. The number of ether oxygens (including phenoxy) is 1. The van der Waals surface area contributed by atoms with Crippen molar-refractivity contribution < 1.29 is 14.3 Å². The number of rotatable bonds is 5. The molecular formula is C17H16ClNO3S. The Kier molecular flexibility index (Phi) is 6.07. The third-order valence-corrected chi connectivity index (χ3v) is 4.08. The zero-order valence-electron chi connectivity index (χ0n) is 12.8. The van der Waals surface area contributed by atoms with Gasteiger partial charge in [0.25, 0.3) is 5.91 Å². The van der Waals surface area contributed by atoms with Crippen LogP contribution in [0.3, 0.4) is 0 Å². The number of aryl methyl sites for hydroxylation is 1. The lowest BCUT2D eigenvalue weighted by molar-refractivity contribution is -0.119. The van der Waals surface area contributed by atoms with Gasteiger partial charge in [0.05, 0.1) is 10.6 Å². The molecule has 1 amide bonds. The summed E-state index contributed by atoms with van der Waals surface area (Å²) in [5, 5.41) is 2.97. The maximum absolute atomic E-state index is 12.0. The summed E-state index contributed by atoms with van der Waals surface area (Å²) in [6, 6.07) is 12.5. The molecule has 2 aromatic rings. The van der Waals surface area contributed by atoms with Crippen molar-refractivity contribution in [2.45, 2.75) is 11.8 Å². The van der Waals surface area contributed by atoms with Gasteiger partial charge in [-0.1, -0.05) is 23.7 Å². The minimum Gasteiger partial charge on any atom is -0.452 e.